The molecule has 0 fully saturated rings. The molecular weight excluding hydrogens is 339 g/mol. The molecule has 0 unspecified atom stereocenters. The monoisotopic (exact) mass is 360 g/mol. The van der Waals surface area contributed by atoms with E-state index >= 15 is 0 Å². The fourth-order valence-electron chi connectivity index (χ4n) is 2.39. The zero-order chi connectivity index (χ0) is 18.4. The maximum atomic E-state index is 13.0. The Hall–Kier alpha value is -2.47. The van der Waals surface area contributed by atoms with Crippen molar-refractivity contribution in [2.75, 3.05) is 11.9 Å². The predicted molar refractivity (Wildman–Crippen MR) is 101 cm³/mol. The lowest BCUT2D eigenvalue weighted by Crippen LogP contribution is -2.31. The molecule has 0 bridgehead atoms. The summed E-state index contributed by atoms with van der Waals surface area (Å²) in [6.07, 6.45) is 0. The fourth-order valence-corrected chi connectivity index (χ4v) is 2.68. The molecule has 2 rings (SSSR count). The molecule has 2 aromatic carbocycles. The molecule has 0 amide bonds. The van der Waals surface area contributed by atoms with Gasteiger partial charge in [0.1, 0.15) is 5.82 Å². The Kier molecular flexibility index (Phi) is 6.47. The van der Waals surface area contributed by atoms with Crippen LogP contribution in [-0.4, -0.2) is 17.7 Å². The smallest absolute Gasteiger partial charge is 0.338 e. The largest absolute Gasteiger partial charge is 0.462 e. The van der Waals surface area contributed by atoms with Crippen molar-refractivity contribution in [3.8, 4) is 0 Å². The van der Waals surface area contributed by atoms with Gasteiger partial charge >= 0.3 is 5.97 Å². The molecule has 0 aliphatic rings. The highest BCUT2D eigenvalue weighted by Gasteiger charge is 2.14. The molecule has 132 valence electrons. The Bertz CT molecular complexity index is 763. The van der Waals surface area contributed by atoms with E-state index in [1.165, 1.54) is 12.1 Å². The average Bonchev–Trinajstić information content (AvgIpc) is 2.57. The molecule has 25 heavy (non-hydrogen) atoms. The molecular formula is C19H21FN2O2S. The second-order valence-electron chi connectivity index (χ2n) is 5.57. The van der Waals surface area contributed by atoms with E-state index in [1.807, 2.05) is 19.9 Å². The highest BCUT2D eigenvalue weighted by molar-refractivity contribution is 7.80. The molecule has 0 aromatic heterocycles. The van der Waals surface area contributed by atoms with Gasteiger partial charge in [-0.25, -0.2) is 9.18 Å². The van der Waals surface area contributed by atoms with Gasteiger partial charge in [0.25, 0.3) is 0 Å². The third kappa shape index (κ3) is 5.00. The molecule has 0 heterocycles. The van der Waals surface area contributed by atoms with Crippen molar-refractivity contribution >= 4 is 29.0 Å². The summed E-state index contributed by atoms with van der Waals surface area (Å²) >= 11 is 5.35. The van der Waals surface area contributed by atoms with Gasteiger partial charge in [0.05, 0.1) is 18.2 Å². The van der Waals surface area contributed by atoms with Crippen molar-refractivity contribution in [1.82, 2.24) is 5.32 Å². The molecule has 6 heteroatoms. The number of ether oxygens (including phenoxy) is 1. The summed E-state index contributed by atoms with van der Waals surface area (Å²) in [5.41, 5.74) is 2.91. The van der Waals surface area contributed by atoms with E-state index in [0.29, 0.717) is 17.3 Å². The lowest BCUT2D eigenvalue weighted by atomic mass is 10.1. The summed E-state index contributed by atoms with van der Waals surface area (Å²) in [5, 5.41) is 6.66. The maximum Gasteiger partial charge on any atom is 0.338 e. The zero-order valence-electron chi connectivity index (χ0n) is 14.4. The summed E-state index contributed by atoms with van der Waals surface area (Å²) in [7, 11) is 0. The number of rotatable bonds is 5. The van der Waals surface area contributed by atoms with Crippen LogP contribution >= 0.6 is 12.2 Å². The molecule has 1 atom stereocenters. The van der Waals surface area contributed by atoms with Gasteiger partial charge in [0, 0.05) is 5.69 Å². The molecule has 0 aliphatic heterocycles. The Morgan fingerprint density at radius 2 is 1.92 bits per heavy atom. The van der Waals surface area contributed by atoms with Crippen LogP contribution in [0.3, 0.4) is 0 Å². The number of carbonyl (C=O) groups is 1. The molecule has 4 nitrogen and oxygen atoms in total. The first-order chi connectivity index (χ1) is 11.9. The van der Waals surface area contributed by atoms with Gasteiger partial charge in [-0.1, -0.05) is 18.2 Å². The van der Waals surface area contributed by atoms with E-state index in [-0.39, 0.29) is 17.8 Å². The van der Waals surface area contributed by atoms with E-state index in [1.54, 1.807) is 31.2 Å². The van der Waals surface area contributed by atoms with Gasteiger partial charge < -0.3 is 15.4 Å². The van der Waals surface area contributed by atoms with Crippen molar-refractivity contribution in [1.29, 1.82) is 0 Å². The number of halogens is 1. The minimum absolute atomic E-state index is 0.0888. The van der Waals surface area contributed by atoms with Crippen molar-refractivity contribution in [2.45, 2.75) is 26.8 Å². The third-order valence-corrected chi connectivity index (χ3v) is 4.01. The number of hydrogen-bond donors (Lipinski definition) is 2. The Labute approximate surface area is 152 Å². The van der Waals surface area contributed by atoms with Gasteiger partial charge in [-0.05, 0) is 68.4 Å². The minimum atomic E-state index is -0.359. The van der Waals surface area contributed by atoms with Crippen molar-refractivity contribution < 1.29 is 13.9 Å². The first-order valence-electron chi connectivity index (χ1n) is 8.02. The fraction of sp³-hybridized carbons (Fsp3) is 0.263. The standard InChI is InChI=1S/C19H21FN2O2S/c1-4-24-18(23)16-6-5-7-17(12(16)2)22-19(25)21-13(3)14-8-10-15(20)11-9-14/h5-11,13H,4H2,1-3H3,(H2,21,22,25)/t13-/m1/s1. The lowest BCUT2D eigenvalue weighted by Gasteiger charge is -2.19. The minimum Gasteiger partial charge on any atom is -0.462 e. The van der Waals surface area contributed by atoms with Crippen LogP contribution in [-0.2, 0) is 4.74 Å². The van der Waals surface area contributed by atoms with Gasteiger partial charge in [0.2, 0.25) is 0 Å². The van der Waals surface area contributed by atoms with E-state index in [4.69, 9.17) is 17.0 Å². The summed E-state index contributed by atoms with van der Waals surface area (Å²) < 4.78 is 18.1. The second-order valence-corrected chi connectivity index (χ2v) is 5.98. The number of esters is 1. The van der Waals surface area contributed by atoms with Gasteiger partial charge in [0.15, 0.2) is 5.11 Å². The normalized spacial score (nSPS) is 11.5. The summed E-state index contributed by atoms with van der Waals surface area (Å²) in [6.45, 7) is 5.86. The number of anilines is 1. The van der Waals surface area contributed by atoms with Crippen molar-refractivity contribution in [3.63, 3.8) is 0 Å². The predicted octanol–water partition coefficient (Wildman–Crippen LogP) is 4.36. The van der Waals surface area contributed by atoms with E-state index < -0.39 is 0 Å². The van der Waals surface area contributed by atoms with Crippen LogP contribution < -0.4 is 10.6 Å². The molecule has 0 spiro atoms. The topological polar surface area (TPSA) is 50.4 Å². The Balaban J connectivity index is 2.06. The highest BCUT2D eigenvalue weighted by atomic mass is 32.1. The number of hydrogen-bond acceptors (Lipinski definition) is 3. The van der Waals surface area contributed by atoms with Crippen molar-refractivity contribution in [3.05, 3.63) is 65.0 Å². The summed E-state index contributed by atoms with van der Waals surface area (Å²) in [5.74, 6) is -0.634. The quantitative estimate of drug-likeness (QED) is 0.613. The Morgan fingerprint density at radius 1 is 1.24 bits per heavy atom. The number of carbonyl (C=O) groups excluding carboxylic acids is 1. The van der Waals surface area contributed by atoms with Crippen molar-refractivity contribution in [2.24, 2.45) is 0 Å². The lowest BCUT2D eigenvalue weighted by molar-refractivity contribution is 0.0525. The first-order valence-corrected chi connectivity index (χ1v) is 8.43. The molecule has 0 radical (unpaired) electrons. The molecule has 2 N–H and O–H groups in total. The van der Waals surface area contributed by atoms with Crippen LogP contribution in [0.1, 0.15) is 41.4 Å². The van der Waals surface area contributed by atoms with Gasteiger partial charge in [-0.15, -0.1) is 0 Å². The van der Waals surface area contributed by atoms with Gasteiger partial charge in [-0.2, -0.15) is 0 Å². The van der Waals surface area contributed by atoms with Crippen LogP contribution in [0.4, 0.5) is 10.1 Å². The number of nitrogens with one attached hydrogen (secondary N) is 2. The molecule has 0 aliphatic carbocycles. The van der Waals surface area contributed by atoms with Gasteiger partial charge in [-0.3, -0.25) is 0 Å². The van der Waals surface area contributed by atoms with Crippen LogP contribution in [0.5, 0.6) is 0 Å². The number of benzene rings is 2. The first kappa shape index (κ1) is 18.9. The summed E-state index contributed by atoms with van der Waals surface area (Å²) in [6, 6.07) is 11.5. The van der Waals surface area contributed by atoms with Crippen LogP contribution in [0, 0.1) is 12.7 Å². The molecule has 2 aromatic rings. The summed E-state index contributed by atoms with van der Waals surface area (Å²) in [4.78, 5) is 12.0. The van der Waals surface area contributed by atoms with E-state index in [2.05, 4.69) is 10.6 Å². The SMILES string of the molecule is CCOC(=O)c1cccc(NC(=S)N[C@H](C)c2ccc(F)cc2)c1C. The van der Waals surface area contributed by atoms with Crippen LogP contribution in [0.2, 0.25) is 0 Å². The van der Waals surface area contributed by atoms with E-state index in [9.17, 15) is 9.18 Å². The molecule has 0 saturated heterocycles. The number of thiocarbonyl (C=S) groups is 1. The maximum absolute atomic E-state index is 13.0. The average molecular weight is 360 g/mol. The van der Waals surface area contributed by atoms with E-state index in [0.717, 1.165) is 16.8 Å². The molecule has 0 saturated carbocycles. The third-order valence-electron chi connectivity index (χ3n) is 3.79. The van der Waals surface area contributed by atoms with Crippen LogP contribution in [0.15, 0.2) is 42.5 Å². The highest BCUT2D eigenvalue weighted by Crippen LogP contribution is 2.20. The zero-order valence-corrected chi connectivity index (χ0v) is 15.2. The Morgan fingerprint density at radius 3 is 2.56 bits per heavy atom. The second kappa shape index (κ2) is 8.58. The van der Waals surface area contributed by atoms with Crippen LogP contribution in [0.25, 0.3) is 0 Å².